The molecule has 92 valence electrons. The van der Waals surface area contributed by atoms with Crippen molar-refractivity contribution < 1.29 is 19.4 Å². The Hall–Kier alpha value is -1.33. The molecule has 0 spiro atoms. The lowest BCUT2D eigenvalue weighted by molar-refractivity contribution is 0.0658. The molecule has 0 saturated carbocycles. The van der Waals surface area contributed by atoms with Gasteiger partial charge in [-0.15, -0.1) is 0 Å². The van der Waals surface area contributed by atoms with E-state index in [1.807, 2.05) is 0 Å². The van der Waals surface area contributed by atoms with Gasteiger partial charge in [0.25, 0.3) is 0 Å². The van der Waals surface area contributed by atoms with Gasteiger partial charge in [0.05, 0.1) is 11.7 Å². The topological polar surface area (TPSA) is 68.7 Å². The van der Waals surface area contributed by atoms with Crippen LogP contribution < -0.4 is 4.74 Å². The van der Waals surface area contributed by atoms with Crippen molar-refractivity contribution in [3.8, 4) is 5.88 Å². The van der Waals surface area contributed by atoms with Crippen LogP contribution in [-0.4, -0.2) is 35.4 Å². The van der Waals surface area contributed by atoms with Gasteiger partial charge < -0.3 is 14.6 Å². The van der Waals surface area contributed by atoms with Gasteiger partial charge in [-0.1, -0.05) is 11.6 Å². The van der Waals surface area contributed by atoms with Gasteiger partial charge in [0.15, 0.2) is 0 Å². The second kappa shape index (κ2) is 5.33. The molecule has 5 nitrogen and oxygen atoms in total. The molecule has 17 heavy (non-hydrogen) atoms. The minimum absolute atomic E-state index is 0.0102. The lowest BCUT2D eigenvalue weighted by atomic mass is 10.2. The Morgan fingerprint density at radius 3 is 3.18 bits per heavy atom. The van der Waals surface area contributed by atoms with Gasteiger partial charge in [-0.2, -0.15) is 0 Å². The maximum absolute atomic E-state index is 10.8. The average Bonchev–Trinajstić information content (AvgIpc) is 2.80. The van der Waals surface area contributed by atoms with Crippen molar-refractivity contribution in [1.29, 1.82) is 0 Å². The predicted octanol–water partition coefficient (Wildman–Crippen LogP) is 1.99. The molecule has 1 unspecified atom stereocenters. The summed E-state index contributed by atoms with van der Waals surface area (Å²) < 4.78 is 10.8. The molecule has 1 aliphatic heterocycles. The second-order valence-electron chi connectivity index (χ2n) is 3.73. The van der Waals surface area contributed by atoms with Crippen LogP contribution in [0.25, 0.3) is 0 Å². The molecule has 0 radical (unpaired) electrons. The van der Waals surface area contributed by atoms with Gasteiger partial charge in [0.2, 0.25) is 5.88 Å². The molecule has 0 bridgehead atoms. The van der Waals surface area contributed by atoms with Crippen molar-refractivity contribution in [2.24, 2.45) is 0 Å². The number of carboxylic acid groups (broad SMARTS) is 1. The van der Waals surface area contributed by atoms with E-state index in [0.717, 1.165) is 19.4 Å². The highest BCUT2D eigenvalue weighted by Gasteiger charge is 2.19. The van der Waals surface area contributed by atoms with Crippen LogP contribution in [0.4, 0.5) is 0 Å². The molecular formula is C11H12ClNO4. The Bertz CT molecular complexity index is 418. The Morgan fingerprint density at radius 1 is 1.71 bits per heavy atom. The molecule has 0 amide bonds. The fourth-order valence-electron chi connectivity index (χ4n) is 1.64. The first-order chi connectivity index (χ1) is 8.18. The molecule has 1 aromatic heterocycles. The molecule has 1 atom stereocenters. The molecule has 1 fully saturated rings. The molecule has 0 aromatic carbocycles. The van der Waals surface area contributed by atoms with Crippen LogP contribution in [0.3, 0.4) is 0 Å². The van der Waals surface area contributed by atoms with Gasteiger partial charge in [-0.05, 0) is 18.9 Å². The Morgan fingerprint density at radius 2 is 2.53 bits per heavy atom. The third-order valence-electron chi connectivity index (χ3n) is 2.52. The van der Waals surface area contributed by atoms with E-state index >= 15 is 0 Å². The number of aromatic carboxylic acids is 1. The molecule has 1 aliphatic rings. The van der Waals surface area contributed by atoms with Crippen LogP contribution in [-0.2, 0) is 4.74 Å². The lowest BCUT2D eigenvalue weighted by Gasteiger charge is -2.12. The molecule has 2 rings (SSSR count). The van der Waals surface area contributed by atoms with Gasteiger partial charge >= 0.3 is 5.97 Å². The van der Waals surface area contributed by atoms with E-state index in [2.05, 4.69) is 4.98 Å². The predicted molar refractivity (Wildman–Crippen MR) is 60.7 cm³/mol. The Balaban J connectivity index is 2.04. The fourth-order valence-corrected chi connectivity index (χ4v) is 1.89. The summed E-state index contributed by atoms with van der Waals surface area (Å²) in [6.07, 6.45) is 3.36. The summed E-state index contributed by atoms with van der Waals surface area (Å²) >= 11 is 5.88. The highest BCUT2D eigenvalue weighted by atomic mass is 35.5. The van der Waals surface area contributed by atoms with Gasteiger partial charge in [-0.3, -0.25) is 0 Å². The summed E-state index contributed by atoms with van der Waals surface area (Å²) in [4.78, 5) is 14.8. The quantitative estimate of drug-likeness (QED) is 0.893. The molecular weight excluding hydrogens is 246 g/mol. The number of ether oxygens (including phenoxy) is 2. The molecule has 2 heterocycles. The van der Waals surface area contributed by atoms with Crippen LogP contribution in [0.1, 0.15) is 23.2 Å². The number of nitrogens with zero attached hydrogens (tertiary/aromatic N) is 1. The fraction of sp³-hybridized carbons (Fsp3) is 0.455. The van der Waals surface area contributed by atoms with Crippen molar-refractivity contribution in [3.05, 3.63) is 22.8 Å². The summed E-state index contributed by atoms with van der Waals surface area (Å²) in [5.41, 5.74) is -0.0102. The largest absolute Gasteiger partial charge is 0.478 e. The van der Waals surface area contributed by atoms with E-state index in [0.29, 0.717) is 6.61 Å². The van der Waals surface area contributed by atoms with Crippen molar-refractivity contribution in [2.75, 3.05) is 13.2 Å². The first kappa shape index (κ1) is 12.1. The lowest BCUT2D eigenvalue weighted by Crippen LogP contribution is -2.17. The van der Waals surface area contributed by atoms with Gasteiger partial charge in [-0.25, -0.2) is 9.78 Å². The number of hydrogen-bond donors (Lipinski definition) is 1. The monoisotopic (exact) mass is 257 g/mol. The normalized spacial score (nSPS) is 19.2. The third kappa shape index (κ3) is 2.87. The summed E-state index contributed by atoms with van der Waals surface area (Å²) in [6.45, 7) is 1.08. The van der Waals surface area contributed by atoms with Crippen molar-refractivity contribution >= 4 is 17.6 Å². The minimum Gasteiger partial charge on any atom is -0.478 e. The van der Waals surface area contributed by atoms with Crippen LogP contribution in [0.15, 0.2) is 12.3 Å². The summed E-state index contributed by atoms with van der Waals surface area (Å²) in [7, 11) is 0. The van der Waals surface area contributed by atoms with Crippen LogP contribution >= 0.6 is 11.6 Å². The molecule has 1 N–H and O–H groups in total. The number of halogens is 1. The SMILES string of the molecule is O=C(O)c1ccnc(OCC2CCCO2)c1Cl. The second-order valence-corrected chi connectivity index (χ2v) is 4.11. The molecule has 6 heteroatoms. The van der Waals surface area contributed by atoms with E-state index in [-0.39, 0.29) is 22.6 Å². The van der Waals surface area contributed by atoms with Crippen molar-refractivity contribution in [3.63, 3.8) is 0 Å². The van der Waals surface area contributed by atoms with Crippen molar-refractivity contribution in [1.82, 2.24) is 4.98 Å². The molecule has 0 aliphatic carbocycles. The first-order valence-electron chi connectivity index (χ1n) is 5.30. The first-order valence-corrected chi connectivity index (χ1v) is 5.68. The van der Waals surface area contributed by atoms with E-state index in [9.17, 15) is 4.79 Å². The van der Waals surface area contributed by atoms with Gasteiger partial charge in [0.1, 0.15) is 11.6 Å². The number of aromatic nitrogens is 1. The van der Waals surface area contributed by atoms with Crippen LogP contribution in [0.2, 0.25) is 5.02 Å². The van der Waals surface area contributed by atoms with Gasteiger partial charge in [0, 0.05) is 12.8 Å². The number of carboxylic acids is 1. The van der Waals surface area contributed by atoms with E-state index in [1.165, 1.54) is 12.3 Å². The summed E-state index contributed by atoms with van der Waals surface area (Å²) in [5, 5.41) is 8.90. The number of rotatable bonds is 4. The highest BCUT2D eigenvalue weighted by molar-refractivity contribution is 6.34. The number of pyridine rings is 1. The Labute approximate surface area is 103 Å². The average molecular weight is 258 g/mol. The zero-order valence-electron chi connectivity index (χ0n) is 9.06. The summed E-state index contributed by atoms with van der Waals surface area (Å²) in [6, 6.07) is 1.34. The maximum Gasteiger partial charge on any atom is 0.337 e. The minimum atomic E-state index is -1.10. The van der Waals surface area contributed by atoms with Crippen LogP contribution in [0, 0.1) is 0 Å². The van der Waals surface area contributed by atoms with E-state index in [1.54, 1.807) is 0 Å². The zero-order chi connectivity index (χ0) is 12.3. The molecule has 1 aromatic rings. The number of hydrogen-bond acceptors (Lipinski definition) is 4. The van der Waals surface area contributed by atoms with Crippen molar-refractivity contribution in [2.45, 2.75) is 18.9 Å². The van der Waals surface area contributed by atoms with E-state index < -0.39 is 5.97 Å². The smallest absolute Gasteiger partial charge is 0.337 e. The molecule has 1 saturated heterocycles. The van der Waals surface area contributed by atoms with E-state index in [4.69, 9.17) is 26.2 Å². The van der Waals surface area contributed by atoms with Crippen LogP contribution in [0.5, 0.6) is 5.88 Å². The standard InChI is InChI=1S/C11H12ClNO4/c12-9-8(11(14)15)3-4-13-10(9)17-6-7-2-1-5-16-7/h3-4,7H,1-2,5-6H2,(H,14,15). The number of carbonyl (C=O) groups is 1. The Kier molecular flexibility index (Phi) is 3.81. The third-order valence-corrected chi connectivity index (χ3v) is 2.88. The highest BCUT2D eigenvalue weighted by Crippen LogP contribution is 2.26. The zero-order valence-corrected chi connectivity index (χ0v) is 9.81. The maximum atomic E-state index is 10.8. The summed E-state index contributed by atoms with van der Waals surface area (Å²) in [5.74, 6) is -0.957.